The largest absolute Gasteiger partial charge is 0.464 e. The van der Waals surface area contributed by atoms with Crippen LogP contribution in [0.5, 0.6) is 0 Å². The summed E-state index contributed by atoms with van der Waals surface area (Å²) in [5.41, 5.74) is 1.08. The first-order chi connectivity index (χ1) is 7.20. The molecule has 0 bridgehead atoms. The number of benzene rings is 1. The van der Waals surface area contributed by atoms with Gasteiger partial charge >= 0.3 is 5.97 Å². The minimum atomic E-state index is -0.424. The van der Waals surface area contributed by atoms with Crippen LogP contribution in [0.4, 0.5) is 0 Å². The Bertz CT molecular complexity index is 525. The normalized spacial score (nSPS) is 10.3. The topological polar surface area (TPSA) is 39.2 Å². The lowest BCUT2D eigenvalue weighted by atomic mass is 10.2. The van der Waals surface area contributed by atoms with Crippen LogP contribution in [0.1, 0.15) is 10.5 Å². The van der Waals surface area contributed by atoms with Gasteiger partial charge in [-0.2, -0.15) is 0 Å². The summed E-state index contributed by atoms with van der Waals surface area (Å²) in [4.78, 5) is 16.3. The molecule has 15 heavy (non-hydrogen) atoms. The maximum atomic E-state index is 11.2. The van der Waals surface area contributed by atoms with Crippen molar-refractivity contribution < 1.29 is 9.53 Å². The van der Waals surface area contributed by atoms with E-state index in [0.717, 1.165) is 15.8 Å². The highest BCUT2D eigenvalue weighted by atomic mass is 32.1. The lowest BCUT2D eigenvalue weighted by molar-refractivity contribution is 0.0594. The minimum absolute atomic E-state index is 0.317. The number of hydrogen-bond acceptors (Lipinski definition) is 4. The summed E-state index contributed by atoms with van der Waals surface area (Å²) in [7, 11) is 1.34. The number of carbonyl (C=O) groups is 1. The van der Waals surface area contributed by atoms with Crippen molar-refractivity contribution in [1.82, 2.24) is 4.98 Å². The van der Waals surface area contributed by atoms with Gasteiger partial charge in [0.1, 0.15) is 5.69 Å². The van der Waals surface area contributed by atoms with E-state index in [1.165, 1.54) is 7.11 Å². The number of nitrogens with zero attached hydrogens (tertiary/aromatic N) is 1. The van der Waals surface area contributed by atoms with E-state index in [1.54, 1.807) is 6.07 Å². The number of pyridine rings is 1. The summed E-state index contributed by atoms with van der Waals surface area (Å²) in [6, 6.07) is 9.02. The van der Waals surface area contributed by atoms with Gasteiger partial charge in [0.05, 0.1) is 12.6 Å². The summed E-state index contributed by atoms with van der Waals surface area (Å²) in [5.74, 6) is -0.424. The molecule has 2 rings (SSSR count). The SMILES string of the molecule is COC(=O)c1ccc2cc(S)ccc2n1. The van der Waals surface area contributed by atoms with Crippen LogP contribution in [-0.4, -0.2) is 18.1 Å². The molecule has 1 aromatic heterocycles. The smallest absolute Gasteiger partial charge is 0.356 e. The quantitative estimate of drug-likeness (QED) is 0.591. The maximum Gasteiger partial charge on any atom is 0.356 e. The fourth-order valence-corrected chi connectivity index (χ4v) is 1.54. The number of carbonyl (C=O) groups excluding carboxylic acids is 1. The van der Waals surface area contributed by atoms with Crippen molar-refractivity contribution in [2.45, 2.75) is 4.90 Å². The first-order valence-electron chi connectivity index (χ1n) is 4.39. The van der Waals surface area contributed by atoms with Crippen molar-refractivity contribution in [2.75, 3.05) is 7.11 Å². The van der Waals surface area contributed by atoms with Gasteiger partial charge in [-0.3, -0.25) is 0 Å². The fourth-order valence-electron chi connectivity index (χ4n) is 1.33. The van der Waals surface area contributed by atoms with Gasteiger partial charge in [0.25, 0.3) is 0 Å². The second-order valence-corrected chi connectivity index (χ2v) is 3.58. The zero-order valence-corrected chi connectivity index (χ0v) is 8.99. The Morgan fingerprint density at radius 2 is 2.13 bits per heavy atom. The number of rotatable bonds is 1. The molecule has 1 heterocycles. The van der Waals surface area contributed by atoms with E-state index in [9.17, 15) is 4.79 Å². The average molecular weight is 219 g/mol. The van der Waals surface area contributed by atoms with Crippen molar-refractivity contribution in [3.05, 3.63) is 36.0 Å². The number of aromatic nitrogens is 1. The highest BCUT2D eigenvalue weighted by Crippen LogP contribution is 2.17. The predicted octanol–water partition coefficient (Wildman–Crippen LogP) is 2.31. The molecule has 0 unspecified atom stereocenters. The molecule has 0 fully saturated rings. The van der Waals surface area contributed by atoms with E-state index in [0.29, 0.717) is 5.69 Å². The lowest BCUT2D eigenvalue weighted by Gasteiger charge is -2.01. The van der Waals surface area contributed by atoms with Gasteiger partial charge in [-0.1, -0.05) is 6.07 Å². The lowest BCUT2D eigenvalue weighted by Crippen LogP contribution is -2.03. The molecule has 3 nitrogen and oxygen atoms in total. The standard InChI is InChI=1S/C11H9NO2S/c1-14-11(13)10-4-2-7-6-8(15)3-5-9(7)12-10/h2-6,15H,1H3. The third-order valence-corrected chi connectivity index (χ3v) is 2.35. The van der Waals surface area contributed by atoms with E-state index in [4.69, 9.17) is 0 Å². The average Bonchev–Trinajstić information content (AvgIpc) is 2.27. The molecule has 0 aliphatic heterocycles. The zero-order chi connectivity index (χ0) is 10.8. The minimum Gasteiger partial charge on any atom is -0.464 e. The van der Waals surface area contributed by atoms with E-state index < -0.39 is 5.97 Å². The van der Waals surface area contributed by atoms with Gasteiger partial charge in [-0.15, -0.1) is 12.6 Å². The fraction of sp³-hybridized carbons (Fsp3) is 0.0909. The first kappa shape index (κ1) is 9.98. The van der Waals surface area contributed by atoms with Gasteiger partial charge in [-0.25, -0.2) is 9.78 Å². The van der Waals surface area contributed by atoms with Crippen LogP contribution >= 0.6 is 12.6 Å². The molecule has 0 aliphatic rings. The maximum absolute atomic E-state index is 11.2. The summed E-state index contributed by atoms with van der Waals surface area (Å²) >= 11 is 4.23. The molecule has 1 aromatic carbocycles. The molecular weight excluding hydrogens is 210 g/mol. The summed E-state index contributed by atoms with van der Waals surface area (Å²) < 4.78 is 4.59. The summed E-state index contributed by atoms with van der Waals surface area (Å²) in [6.07, 6.45) is 0. The van der Waals surface area contributed by atoms with Crippen molar-refractivity contribution in [1.29, 1.82) is 0 Å². The van der Waals surface area contributed by atoms with Crippen LogP contribution in [0.2, 0.25) is 0 Å². The number of methoxy groups -OCH3 is 1. The van der Waals surface area contributed by atoms with Crippen molar-refractivity contribution in [3.8, 4) is 0 Å². The van der Waals surface area contributed by atoms with E-state index in [1.807, 2.05) is 24.3 Å². The van der Waals surface area contributed by atoms with Gasteiger partial charge < -0.3 is 4.74 Å². The number of hydrogen-bond donors (Lipinski definition) is 1. The molecule has 0 amide bonds. The molecule has 0 saturated carbocycles. The van der Waals surface area contributed by atoms with Crippen LogP contribution in [0.25, 0.3) is 10.9 Å². The highest BCUT2D eigenvalue weighted by Gasteiger charge is 2.07. The summed E-state index contributed by atoms with van der Waals surface area (Å²) in [5, 5.41) is 0.954. The van der Waals surface area contributed by atoms with Gasteiger partial charge in [0.15, 0.2) is 0 Å². The second kappa shape index (κ2) is 3.90. The number of esters is 1. The summed E-state index contributed by atoms with van der Waals surface area (Å²) in [6.45, 7) is 0. The van der Waals surface area contributed by atoms with Crippen molar-refractivity contribution >= 4 is 29.5 Å². The number of thiol groups is 1. The van der Waals surface area contributed by atoms with Gasteiger partial charge in [-0.05, 0) is 24.3 Å². The zero-order valence-electron chi connectivity index (χ0n) is 8.10. The molecule has 4 heteroatoms. The molecule has 2 aromatic rings. The third-order valence-electron chi connectivity index (χ3n) is 2.07. The monoisotopic (exact) mass is 219 g/mol. The predicted molar refractivity (Wildman–Crippen MR) is 60.3 cm³/mol. The van der Waals surface area contributed by atoms with Gasteiger partial charge in [0.2, 0.25) is 0 Å². The molecule has 0 radical (unpaired) electrons. The Labute approximate surface area is 92.5 Å². The van der Waals surface area contributed by atoms with E-state index in [2.05, 4.69) is 22.3 Å². The van der Waals surface area contributed by atoms with Crippen molar-refractivity contribution in [3.63, 3.8) is 0 Å². The Morgan fingerprint density at radius 3 is 2.87 bits per heavy atom. The molecular formula is C11H9NO2S. The molecule has 0 spiro atoms. The van der Waals surface area contributed by atoms with Crippen LogP contribution in [0.15, 0.2) is 35.2 Å². The number of ether oxygens (including phenoxy) is 1. The molecule has 0 saturated heterocycles. The number of fused-ring (bicyclic) bond motifs is 1. The molecule has 0 N–H and O–H groups in total. The molecule has 76 valence electrons. The Morgan fingerprint density at radius 1 is 1.33 bits per heavy atom. The van der Waals surface area contributed by atoms with Crippen molar-refractivity contribution in [2.24, 2.45) is 0 Å². The van der Waals surface area contributed by atoms with Gasteiger partial charge in [0, 0.05) is 10.3 Å². The second-order valence-electron chi connectivity index (χ2n) is 3.07. The van der Waals surface area contributed by atoms with E-state index >= 15 is 0 Å². The Hall–Kier alpha value is -1.55. The van der Waals surface area contributed by atoms with Crippen LogP contribution < -0.4 is 0 Å². The highest BCUT2D eigenvalue weighted by molar-refractivity contribution is 7.80. The third kappa shape index (κ3) is 1.94. The Kier molecular flexibility index (Phi) is 2.60. The van der Waals surface area contributed by atoms with Crippen LogP contribution in [0, 0.1) is 0 Å². The van der Waals surface area contributed by atoms with Crippen LogP contribution in [0.3, 0.4) is 0 Å². The van der Waals surface area contributed by atoms with E-state index in [-0.39, 0.29) is 0 Å². The van der Waals surface area contributed by atoms with Crippen LogP contribution in [-0.2, 0) is 4.74 Å². The first-order valence-corrected chi connectivity index (χ1v) is 4.83. The Balaban J connectivity index is 2.57. The molecule has 0 aliphatic carbocycles. The molecule has 0 atom stereocenters.